The Hall–Kier alpha value is -0.740. The molecule has 1 rings (SSSR count). The van der Waals surface area contributed by atoms with Gasteiger partial charge in [-0.15, -0.1) is 0 Å². The quantitative estimate of drug-likeness (QED) is 0.530. The van der Waals surface area contributed by atoms with Crippen molar-refractivity contribution in [1.82, 2.24) is 5.43 Å². The van der Waals surface area contributed by atoms with Crippen LogP contribution in [0.2, 0.25) is 0 Å². The van der Waals surface area contributed by atoms with Gasteiger partial charge in [0, 0.05) is 6.42 Å². The third-order valence-corrected chi connectivity index (χ3v) is 0.913. The van der Waals surface area contributed by atoms with Gasteiger partial charge in [-0.25, -0.2) is 0 Å². The number of hydrogen-bond donors (Lipinski definition) is 1. The van der Waals surface area contributed by atoms with Crippen LogP contribution in [0, 0.1) is 6.54 Å². The molecule has 1 aliphatic rings. The number of hydrogen-bond acceptors (Lipinski definition) is 2. The predicted octanol–water partition coefficient (Wildman–Crippen LogP) is 1.06. The van der Waals surface area contributed by atoms with Gasteiger partial charge in [0.2, 0.25) is 0 Å². The fraction of sp³-hybridized carbons (Fsp3) is 0.500. The summed E-state index contributed by atoms with van der Waals surface area (Å²) in [4.78, 5) is 0. The number of halogens is 3. The van der Waals surface area contributed by atoms with Gasteiger partial charge in [-0.2, -0.15) is 18.3 Å². The summed E-state index contributed by atoms with van der Waals surface area (Å²) >= 11 is 0. The van der Waals surface area contributed by atoms with Gasteiger partial charge in [-0.3, -0.25) is 0 Å². The van der Waals surface area contributed by atoms with Crippen molar-refractivity contribution in [3.63, 3.8) is 0 Å². The Balaban J connectivity index is 2.61. The van der Waals surface area contributed by atoms with Crippen molar-refractivity contribution in [2.45, 2.75) is 12.6 Å². The van der Waals surface area contributed by atoms with Crippen LogP contribution < -0.4 is 5.43 Å². The molecule has 1 heterocycles. The molecule has 0 aliphatic carbocycles. The summed E-state index contributed by atoms with van der Waals surface area (Å²) < 4.78 is 34.7. The summed E-state index contributed by atoms with van der Waals surface area (Å²) in [6.07, 6.45) is -4.40. The Kier molecular flexibility index (Phi) is 1.34. The molecular weight excluding hydrogens is 133 g/mol. The molecule has 0 atom stereocenters. The molecule has 0 fully saturated rings. The standard InChI is InChI=1S/C4H4F3N2/c5-4(6,7)3-1-2-8-9-3/h2,8H,1H2. The Morgan fingerprint density at radius 2 is 2.22 bits per heavy atom. The highest BCUT2D eigenvalue weighted by Crippen LogP contribution is 2.21. The molecule has 0 amide bonds. The first-order valence-corrected chi connectivity index (χ1v) is 2.31. The monoisotopic (exact) mass is 137 g/mol. The number of nitrogens with one attached hydrogen (secondary N) is 1. The molecule has 0 unspecified atom stereocenters. The predicted molar refractivity (Wildman–Crippen MR) is 25.5 cm³/mol. The molecule has 5 heteroatoms. The van der Waals surface area contributed by atoms with Crippen LogP contribution in [0.5, 0.6) is 0 Å². The molecule has 0 saturated heterocycles. The largest absolute Gasteiger partial charge is 0.431 e. The fourth-order valence-corrected chi connectivity index (χ4v) is 0.491. The molecule has 51 valence electrons. The van der Waals surface area contributed by atoms with Crippen molar-refractivity contribution in [1.29, 1.82) is 0 Å². The van der Waals surface area contributed by atoms with E-state index >= 15 is 0 Å². The highest BCUT2D eigenvalue weighted by molar-refractivity contribution is 5.91. The summed E-state index contributed by atoms with van der Waals surface area (Å²) in [6, 6.07) is 0. The van der Waals surface area contributed by atoms with Gasteiger partial charge in [0.05, 0.1) is 6.54 Å². The van der Waals surface area contributed by atoms with Gasteiger partial charge in [-0.1, -0.05) is 0 Å². The second kappa shape index (κ2) is 1.89. The third kappa shape index (κ3) is 1.34. The van der Waals surface area contributed by atoms with Gasteiger partial charge in [-0.05, 0) is 0 Å². The van der Waals surface area contributed by atoms with Crippen LogP contribution in [0.3, 0.4) is 0 Å². The topological polar surface area (TPSA) is 24.4 Å². The zero-order valence-electron chi connectivity index (χ0n) is 4.37. The van der Waals surface area contributed by atoms with Crippen molar-refractivity contribution in [2.24, 2.45) is 5.10 Å². The van der Waals surface area contributed by atoms with Gasteiger partial charge in [0.1, 0.15) is 5.71 Å². The minimum Gasteiger partial charge on any atom is -0.304 e. The summed E-state index contributed by atoms with van der Waals surface area (Å²) in [7, 11) is 0. The van der Waals surface area contributed by atoms with E-state index in [2.05, 4.69) is 10.5 Å². The lowest BCUT2D eigenvalue weighted by Gasteiger charge is -2.01. The van der Waals surface area contributed by atoms with E-state index in [0.29, 0.717) is 0 Å². The Bertz CT molecular complexity index is 137. The third-order valence-electron chi connectivity index (χ3n) is 0.913. The first-order chi connectivity index (χ1) is 4.11. The van der Waals surface area contributed by atoms with Gasteiger partial charge in [0.15, 0.2) is 0 Å². The molecule has 0 saturated carbocycles. The van der Waals surface area contributed by atoms with Crippen LogP contribution in [0.15, 0.2) is 5.10 Å². The number of alkyl halides is 3. The molecule has 0 bridgehead atoms. The molecule has 0 aromatic carbocycles. The van der Waals surface area contributed by atoms with Crippen LogP contribution >= 0.6 is 0 Å². The fourth-order valence-electron chi connectivity index (χ4n) is 0.491. The first-order valence-electron chi connectivity index (χ1n) is 2.31. The Morgan fingerprint density at radius 3 is 2.44 bits per heavy atom. The van der Waals surface area contributed by atoms with Crippen molar-refractivity contribution in [3.05, 3.63) is 6.54 Å². The molecule has 0 aromatic heterocycles. The zero-order chi connectivity index (χ0) is 6.91. The van der Waals surface area contributed by atoms with E-state index in [9.17, 15) is 13.2 Å². The average Bonchev–Trinajstić information content (AvgIpc) is 2.08. The first kappa shape index (κ1) is 6.38. The summed E-state index contributed by atoms with van der Waals surface area (Å²) in [5, 5.41) is 2.99. The summed E-state index contributed by atoms with van der Waals surface area (Å²) in [5.41, 5.74) is 1.36. The summed E-state index contributed by atoms with van der Waals surface area (Å²) in [5.74, 6) is 0. The normalized spacial score (nSPS) is 19.2. The molecule has 0 spiro atoms. The van der Waals surface area contributed by atoms with Crippen molar-refractivity contribution in [2.75, 3.05) is 0 Å². The van der Waals surface area contributed by atoms with Crippen LogP contribution in [0.25, 0.3) is 0 Å². The Morgan fingerprint density at radius 1 is 1.56 bits per heavy atom. The molecule has 1 N–H and O–H groups in total. The van der Waals surface area contributed by atoms with E-state index in [-0.39, 0.29) is 6.42 Å². The van der Waals surface area contributed by atoms with E-state index in [0.717, 1.165) is 0 Å². The van der Waals surface area contributed by atoms with E-state index in [1.165, 1.54) is 6.54 Å². The number of rotatable bonds is 0. The number of hydrazone groups is 1. The highest BCUT2D eigenvalue weighted by atomic mass is 19.4. The van der Waals surface area contributed by atoms with E-state index in [1.54, 1.807) is 0 Å². The lowest BCUT2D eigenvalue weighted by atomic mass is 10.3. The van der Waals surface area contributed by atoms with Crippen LogP contribution in [-0.2, 0) is 0 Å². The van der Waals surface area contributed by atoms with Crippen molar-refractivity contribution >= 4 is 5.71 Å². The van der Waals surface area contributed by atoms with E-state index in [4.69, 9.17) is 0 Å². The molecule has 0 aromatic rings. The van der Waals surface area contributed by atoms with Gasteiger partial charge < -0.3 is 5.43 Å². The average molecular weight is 137 g/mol. The lowest BCUT2D eigenvalue weighted by Crippen LogP contribution is -2.20. The smallest absolute Gasteiger partial charge is 0.304 e. The van der Waals surface area contributed by atoms with Gasteiger partial charge in [0.25, 0.3) is 0 Å². The van der Waals surface area contributed by atoms with Gasteiger partial charge >= 0.3 is 6.18 Å². The molecule has 1 aliphatic heterocycles. The zero-order valence-corrected chi connectivity index (χ0v) is 4.37. The second-order valence-corrected chi connectivity index (χ2v) is 1.59. The van der Waals surface area contributed by atoms with E-state index < -0.39 is 11.9 Å². The maximum Gasteiger partial charge on any atom is 0.431 e. The van der Waals surface area contributed by atoms with Crippen LogP contribution in [0.1, 0.15) is 6.42 Å². The minimum atomic E-state index is -4.26. The molecular formula is C4H4F3N2. The Labute approximate surface area is 49.7 Å². The maximum absolute atomic E-state index is 11.6. The highest BCUT2D eigenvalue weighted by Gasteiger charge is 2.36. The number of nitrogens with zero attached hydrogens (tertiary/aromatic N) is 1. The lowest BCUT2D eigenvalue weighted by molar-refractivity contribution is -0.0597. The molecule has 9 heavy (non-hydrogen) atoms. The second-order valence-electron chi connectivity index (χ2n) is 1.59. The summed E-state index contributed by atoms with van der Waals surface area (Å²) in [6.45, 7) is 1.25. The molecule has 2 nitrogen and oxygen atoms in total. The van der Waals surface area contributed by atoms with Crippen LogP contribution in [0.4, 0.5) is 13.2 Å². The van der Waals surface area contributed by atoms with Crippen molar-refractivity contribution < 1.29 is 13.2 Å². The maximum atomic E-state index is 11.6. The molecule has 1 radical (unpaired) electrons. The van der Waals surface area contributed by atoms with Crippen molar-refractivity contribution in [3.8, 4) is 0 Å². The van der Waals surface area contributed by atoms with Crippen LogP contribution in [-0.4, -0.2) is 11.9 Å². The SMILES string of the molecule is FC(F)(F)C1=NN[CH]C1. The van der Waals surface area contributed by atoms with E-state index in [1.807, 2.05) is 0 Å². The minimum absolute atomic E-state index is 0.135.